The maximum atomic E-state index is 13.5. The molecule has 0 saturated carbocycles. The zero-order valence-electron chi connectivity index (χ0n) is 21.0. The van der Waals surface area contributed by atoms with E-state index in [-0.39, 0.29) is 28.4 Å². The second-order valence-corrected chi connectivity index (χ2v) is 12.1. The van der Waals surface area contributed by atoms with E-state index in [1.165, 1.54) is 28.8 Å². The van der Waals surface area contributed by atoms with Crippen molar-refractivity contribution in [3.8, 4) is 5.75 Å². The number of nitrogens with zero attached hydrogens (tertiary/aromatic N) is 3. The van der Waals surface area contributed by atoms with Crippen molar-refractivity contribution < 1.29 is 23.8 Å². The number of aromatic nitrogens is 2. The van der Waals surface area contributed by atoms with Crippen LogP contribution in [0.15, 0.2) is 76.6 Å². The molecule has 11 heteroatoms. The van der Waals surface area contributed by atoms with E-state index < -0.39 is 17.7 Å². The topological polar surface area (TPSA) is 92.6 Å². The van der Waals surface area contributed by atoms with Crippen LogP contribution in [0, 0.1) is 5.82 Å². The van der Waals surface area contributed by atoms with Crippen molar-refractivity contribution in [3.63, 3.8) is 0 Å². The lowest BCUT2D eigenvalue weighted by Gasteiger charge is -2.22. The smallest absolute Gasteiger partial charge is 0.301 e. The highest BCUT2D eigenvalue weighted by Gasteiger charge is 2.48. The van der Waals surface area contributed by atoms with E-state index >= 15 is 0 Å². The average Bonchev–Trinajstić information content (AvgIpc) is 3.63. The number of rotatable bonds is 6. The van der Waals surface area contributed by atoms with Crippen molar-refractivity contribution in [2.75, 3.05) is 4.90 Å². The Kier molecular flexibility index (Phi) is 7.07. The standard InChI is InChI=1S/C29H21ClFN3O4S2/c1-15-11-19-12-18(7-10-22(19)38-15)25(35)23-24(17-3-2-4-20(30)13-17)34(27(37)26(23)36)28-32-33-29(40-28)39-14-16-5-8-21(31)9-6-16/h2-10,12-13,15,24,35H,11,14H2,1H3/b25-23-. The van der Waals surface area contributed by atoms with Crippen LogP contribution < -0.4 is 9.64 Å². The maximum Gasteiger partial charge on any atom is 0.301 e. The van der Waals surface area contributed by atoms with Crippen molar-refractivity contribution >= 4 is 57.3 Å². The molecular formula is C29H21ClFN3O4S2. The van der Waals surface area contributed by atoms with E-state index in [0.717, 1.165) is 28.2 Å². The van der Waals surface area contributed by atoms with Gasteiger partial charge in [-0.15, -0.1) is 10.2 Å². The number of fused-ring (bicyclic) bond motifs is 1. The number of hydrogen-bond acceptors (Lipinski definition) is 8. The summed E-state index contributed by atoms with van der Waals surface area (Å²) >= 11 is 8.83. The summed E-state index contributed by atoms with van der Waals surface area (Å²) in [4.78, 5) is 28.2. The second kappa shape index (κ2) is 10.7. The van der Waals surface area contributed by atoms with Gasteiger partial charge in [-0.1, -0.05) is 59.0 Å². The minimum atomic E-state index is -0.968. The Morgan fingerprint density at radius 3 is 2.73 bits per heavy atom. The minimum Gasteiger partial charge on any atom is -0.507 e. The molecule has 1 fully saturated rings. The summed E-state index contributed by atoms with van der Waals surface area (Å²) in [6.45, 7) is 1.96. The number of aliphatic hydroxyl groups excluding tert-OH is 1. The molecule has 4 aromatic rings. The summed E-state index contributed by atoms with van der Waals surface area (Å²) < 4.78 is 19.6. The van der Waals surface area contributed by atoms with Gasteiger partial charge in [-0.25, -0.2) is 4.39 Å². The van der Waals surface area contributed by atoms with Crippen LogP contribution in [0.5, 0.6) is 5.75 Å². The Hall–Kier alpha value is -3.73. The van der Waals surface area contributed by atoms with Crippen LogP contribution in [-0.4, -0.2) is 33.1 Å². The lowest BCUT2D eigenvalue weighted by atomic mass is 9.94. The number of aliphatic hydroxyl groups is 1. The lowest BCUT2D eigenvalue weighted by molar-refractivity contribution is -0.132. The number of amides is 1. The van der Waals surface area contributed by atoms with E-state index in [9.17, 15) is 19.1 Å². The number of ether oxygens (including phenoxy) is 1. The summed E-state index contributed by atoms with van der Waals surface area (Å²) in [6, 6.07) is 17.2. The van der Waals surface area contributed by atoms with Crippen LogP contribution in [0.4, 0.5) is 9.52 Å². The van der Waals surface area contributed by atoms with Gasteiger partial charge >= 0.3 is 5.91 Å². The van der Waals surface area contributed by atoms with E-state index in [1.807, 2.05) is 6.92 Å². The molecule has 0 spiro atoms. The Bertz CT molecular complexity index is 1670. The van der Waals surface area contributed by atoms with E-state index in [0.29, 0.717) is 32.7 Å². The summed E-state index contributed by atoms with van der Waals surface area (Å²) in [5.74, 6) is -1.00. The first-order chi connectivity index (χ1) is 19.3. The third-order valence-electron chi connectivity index (χ3n) is 6.66. The molecule has 1 saturated heterocycles. The lowest BCUT2D eigenvalue weighted by Crippen LogP contribution is -2.29. The fourth-order valence-corrected chi connectivity index (χ4v) is 6.85. The molecule has 2 atom stereocenters. The van der Waals surface area contributed by atoms with Gasteiger partial charge in [-0.2, -0.15) is 0 Å². The Balaban J connectivity index is 1.38. The SMILES string of the molecule is CC1Cc2cc(/C(O)=C3/C(=O)C(=O)N(c4nnc(SCc5ccc(F)cc5)s4)C3c3cccc(Cl)c3)ccc2O1. The fraction of sp³-hybridized carbons (Fsp3) is 0.172. The number of carbonyl (C=O) groups is 2. The van der Waals surface area contributed by atoms with Crippen LogP contribution >= 0.6 is 34.7 Å². The number of carbonyl (C=O) groups excluding carboxylic acids is 2. The van der Waals surface area contributed by atoms with Gasteiger partial charge in [0.15, 0.2) is 4.34 Å². The molecule has 1 amide bonds. The van der Waals surface area contributed by atoms with Gasteiger partial charge in [0.1, 0.15) is 23.4 Å². The number of hydrogen-bond donors (Lipinski definition) is 1. The number of benzene rings is 3. The Morgan fingerprint density at radius 2 is 1.95 bits per heavy atom. The molecule has 1 N–H and O–H groups in total. The van der Waals surface area contributed by atoms with Gasteiger partial charge in [0.05, 0.1) is 11.6 Å². The molecule has 202 valence electrons. The van der Waals surface area contributed by atoms with Crippen LogP contribution in [0.1, 0.15) is 35.2 Å². The molecule has 7 nitrogen and oxygen atoms in total. The molecule has 2 aliphatic heterocycles. The van der Waals surface area contributed by atoms with E-state index in [4.69, 9.17) is 16.3 Å². The summed E-state index contributed by atoms with van der Waals surface area (Å²) in [5.41, 5.74) is 2.71. The molecule has 2 unspecified atom stereocenters. The van der Waals surface area contributed by atoms with E-state index in [1.54, 1.807) is 54.6 Å². The van der Waals surface area contributed by atoms with Crippen LogP contribution in [0.3, 0.4) is 0 Å². The highest BCUT2D eigenvalue weighted by Crippen LogP contribution is 2.45. The minimum absolute atomic E-state index is 0.0111. The van der Waals surface area contributed by atoms with Gasteiger partial charge in [0, 0.05) is 22.8 Å². The molecule has 6 rings (SSSR count). The molecule has 3 heterocycles. The van der Waals surface area contributed by atoms with Gasteiger partial charge in [-0.3, -0.25) is 14.5 Å². The van der Waals surface area contributed by atoms with Gasteiger partial charge in [-0.05, 0) is 66.1 Å². The number of halogens is 2. The normalized spacial score (nSPS) is 19.6. The van der Waals surface area contributed by atoms with Crippen LogP contribution in [0.25, 0.3) is 5.76 Å². The number of thioether (sulfide) groups is 1. The van der Waals surface area contributed by atoms with E-state index in [2.05, 4.69) is 10.2 Å². The Morgan fingerprint density at radius 1 is 1.15 bits per heavy atom. The Labute approximate surface area is 242 Å². The third-order valence-corrected chi connectivity index (χ3v) is 9.02. The first kappa shape index (κ1) is 26.5. The molecule has 0 aliphatic carbocycles. The first-order valence-corrected chi connectivity index (χ1v) is 14.5. The van der Waals surface area contributed by atoms with Crippen molar-refractivity contribution in [1.29, 1.82) is 0 Å². The molecule has 1 aromatic heterocycles. The average molecular weight is 594 g/mol. The second-order valence-electron chi connectivity index (χ2n) is 9.44. The number of anilines is 1. The largest absolute Gasteiger partial charge is 0.507 e. The van der Waals surface area contributed by atoms with Crippen LogP contribution in [-0.2, 0) is 21.8 Å². The van der Waals surface area contributed by atoms with Crippen molar-refractivity contribution in [2.45, 2.75) is 35.6 Å². The van der Waals surface area contributed by atoms with Crippen molar-refractivity contribution in [3.05, 3.63) is 105 Å². The molecule has 2 aliphatic rings. The monoisotopic (exact) mass is 593 g/mol. The van der Waals surface area contributed by atoms with Gasteiger partial charge < -0.3 is 9.84 Å². The predicted molar refractivity (Wildman–Crippen MR) is 152 cm³/mol. The summed E-state index contributed by atoms with van der Waals surface area (Å²) in [5, 5.41) is 20.5. The number of ketones is 1. The first-order valence-electron chi connectivity index (χ1n) is 12.4. The van der Waals surface area contributed by atoms with Gasteiger partial charge in [0.2, 0.25) is 5.13 Å². The highest BCUT2D eigenvalue weighted by molar-refractivity contribution is 8.00. The predicted octanol–water partition coefficient (Wildman–Crippen LogP) is 6.57. The molecule has 3 aromatic carbocycles. The molecule has 0 bridgehead atoms. The van der Waals surface area contributed by atoms with Crippen molar-refractivity contribution in [2.24, 2.45) is 0 Å². The maximum absolute atomic E-state index is 13.5. The number of Topliss-reactive ketones (excluding diaryl/α,β-unsaturated/α-hetero) is 1. The fourth-order valence-electron chi connectivity index (χ4n) is 4.83. The third kappa shape index (κ3) is 4.98. The zero-order chi connectivity index (χ0) is 28.0. The zero-order valence-corrected chi connectivity index (χ0v) is 23.4. The van der Waals surface area contributed by atoms with Crippen molar-refractivity contribution in [1.82, 2.24) is 10.2 Å². The molecular weight excluding hydrogens is 573 g/mol. The van der Waals surface area contributed by atoms with Gasteiger partial charge in [0.25, 0.3) is 5.78 Å². The molecule has 40 heavy (non-hydrogen) atoms. The highest BCUT2D eigenvalue weighted by atomic mass is 35.5. The van der Waals surface area contributed by atoms with Crippen LogP contribution in [0.2, 0.25) is 5.02 Å². The summed E-state index contributed by atoms with van der Waals surface area (Å²) in [6.07, 6.45) is 0.683. The quantitative estimate of drug-likeness (QED) is 0.0888. The molecule has 0 radical (unpaired) electrons. The summed E-state index contributed by atoms with van der Waals surface area (Å²) in [7, 11) is 0.